The van der Waals surface area contributed by atoms with Gasteiger partial charge in [-0.15, -0.1) is 0 Å². The summed E-state index contributed by atoms with van der Waals surface area (Å²) in [6.45, 7) is 16.4. The molecule has 1 atom stereocenters. The highest BCUT2D eigenvalue weighted by Gasteiger charge is 2.25. The number of hydrogen-bond acceptors (Lipinski definition) is 2. The molecule has 0 bridgehead atoms. The Labute approximate surface area is 202 Å². The van der Waals surface area contributed by atoms with Crippen molar-refractivity contribution in [3.63, 3.8) is 0 Å². The van der Waals surface area contributed by atoms with Gasteiger partial charge in [-0.1, -0.05) is 70.5 Å². The first-order valence-corrected chi connectivity index (χ1v) is 13.2. The van der Waals surface area contributed by atoms with Gasteiger partial charge in [-0.05, 0) is 110 Å². The molecule has 1 N–H and O–H groups in total. The highest BCUT2D eigenvalue weighted by molar-refractivity contribution is 7.80. The van der Waals surface area contributed by atoms with Gasteiger partial charge in [-0.25, -0.2) is 0 Å². The van der Waals surface area contributed by atoms with E-state index in [-0.39, 0.29) is 0 Å². The van der Waals surface area contributed by atoms with Crippen LogP contribution in [0.15, 0.2) is 36.1 Å². The summed E-state index contributed by atoms with van der Waals surface area (Å²) < 4.78 is 0. The number of nitrogens with one attached hydrogen (secondary N) is 1. The molecule has 174 valence electrons. The molecule has 1 aromatic rings. The standard InChI is InChI=1S/C30H43NS/c1-7-20(2)19-31-22(4)13-15-27(24(6)32)23(5)29-18-30-26(17-21(29)3)14-16-28(30)25-11-9-8-10-12-25/h16-18,20,25,31H,4,7-15,19H2,1-3,5-6H3/b27-23-. The lowest BCUT2D eigenvalue weighted by Gasteiger charge is -2.24. The number of hydrogen-bond donors (Lipinski definition) is 1. The van der Waals surface area contributed by atoms with E-state index in [1.54, 1.807) is 5.57 Å². The van der Waals surface area contributed by atoms with Gasteiger partial charge in [0.2, 0.25) is 0 Å². The van der Waals surface area contributed by atoms with Crippen LogP contribution >= 0.6 is 12.2 Å². The van der Waals surface area contributed by atoms with E-state index in [1.807, 2.05) is 0 Å². The molecule has 3 rings (SSSR count). The maximum Gasteiger partial charge on any atom is 0.0169 e. The van der Waals surface area contributed by atoms with E-state index < -0.39 is 0 Å². The van der Waals surface area contributed by atoms with Crippen LogP contribution in [0.2, 0.25) is 0 Å². The van der Waals surface area contributed by atoms with E-state index in [4.69, 9.17) is 12.2 Å². The molecule has 1 fully saturated rings. The smallest absolute Gasteiger partial charge is 0.0169 e. The zero-order valence-corrected chi connectivity index (χ0v) is 21.9. The molecular weight excluding hydrogens is 406 g/mol. The summed E-state index contributed by atoms with van der Waals surface area (Å²) in [4.78, 5) is 1.01. The Morgan fingerprint density at radius 2 is 1.88 bits per heavy atom. The number of fused-ring (bicyclic) bond motifs is 1. The van der Waals surface area contributed by atoms with Crippen LogP contribution in [-0.2, 0) is 6.42 Å². The monoisotopic (exact) mass is 449 g/mol. The van der Waals surface area contributed by atoms with Crippen molar-refractivity contribution in [1.29, 1.82) is 0 Å². The zero-order chi connectivity index (χ0) is 23.3. The Bertz CT molecular complexity index is 911. The maximum atomic E-state index is 5.72. The lowest BCUT2D eigenvalue weighted by Crippen LogP contribution is -2.20. The first-order valence-electron chi connectivity index (χ1n) is 12.8. The Morgan fingerprint density at radius 3 is 2.53 bits per heavy atom. The van der Waals surface area contributed by atoms with E-state index in [0.717, 1.165) is 42.3 Å². The van der Waals surface area contributed by atoms with Gasteiger partial charge in [0.25, 0.3) is 0 Å². The molecule has 0 spiro atoms. The second-order valence-electron chi connectivity index (χ2n) is 10.2. The second-order valence-corrected chi connectivity index (χ2v) is 10.8. The third-order valence-corrected chi connectivity index (χ3v) is 7.95. The highest BCUT2D eigenvalue weighted by atomic mass is 32.1. The first kappa shape index (κ1) is 25.0. The molecular formula is C30H43NS. The van der Waals surface area contributed by atoms with Crippen molar-refractivity contribution >= 4 is 28.2 Å². The van der Waals surface area contributed by atoms with Gasteiger partial charge in [-0.2, -0.15) is 0 Å². The molecule has 0 aliphatic heterocycles. The Morgan fingerprint density at radius 1 is 1.16 bits per heavy atom. The van der Waals surface area contributed by atoms with E-state index in [0.29, 0.717) is 5.92 Å². The zero-order valence-electron chi connectivity index (χ0n) is 21.1. The fourth-order valence-corrected chi connectivity index (χ4v) is 5.61. The van der Waals surface area contributed by atoms with Crippen molar-refractivity contribution in [2.75, 3.05) is 6.54 Å². The summed E-state index contributed by atoms with van der Waals surface area (Å²) in [7, 11) is 0. The van der Waals surface area contributed by atoms with Crippen LogP contribution in [0.1, 0.15) is 101 Å². The van der Waals surface area contributed by atoms with Crippen LogP contribution in [0.3, 0.4) is 0 Å². The quantitative estimate of drug-likeness (QED) is 0.283. The molecule has 1 aromatic carbocycles. The summed E-state index contributed by atoms with van der Waals surface area (Å²) in [5.41, 5.74) is 11.2. The molecule has 1 saturated carbocycles. The SMILES string of the molecule is C=C(CC/C(C(C)=S)=C(\C)c1cc2c(cc1C)CC=C2C1CCCCC1)NCC(C)CC. The van der Waals surface area contributed by atoms with Gasteiger partial charge in [0.1, 0.15) is 0 Å². The van der Waals surface area contributed by atoms with Gasteiger partial charge >= 0.3 is 0 Å². The summed E-state index contributed by atoms with van der Waals surface area (Å²) in [6, 6.07) is 4.92. The van der Waals surface area contributed by atoms with Crippen LogP contribution in [0.4, 0.5) is 0 Å². The molecule has 0 saturated heterocycles. The predicted molar refractivity (Wildman–Crippen MR) is 146 cm³/mol. The average molecular weight is 450 g/mol. The summed E-state index contributed by atoms with van der Waals surface area (Å²) >= 11 is 5.72. The van der Waals surface area contributed by atoms with Crippen LogP contribution in [0, 0.1) is 18.8 Å². The topological polar surface area (TPSA) is 12.0 Å². The van der Waals surface area contributed by atoms with Crippen molar-refractivity contribution in [2.24, 2.45) is 11.8 Å². The minimum Gasteiger partial charge on any atom is -0.389 e. The van der Waals surface area contributed by atoms with Crippen LogP contribution < -0.4 is 5.32 Å². The Kier molecular flexibility index (Phi) is 8.94. The van der Waals surface area contributed by atoms with Crippen molar-refractivity contribution in [3.05, 3.63) is 58.3 Å². The Balaban J connectivity index is 1.82. The number of aryl methyl sites for hydroxylation is 1. The molecule has 1 nitrogen and oxygen atoms in total. The molecule has 2 heteroatoms. The Hall–Kier alpha value is -1.67. The van der Waals surface area contributed by atoms with Gasteiger partial charge in [0, 0.05) is 17.1 Å². The second kappa shape index (κ2) is 11.5. The van der Waals surface area contributed by atoms with Crippen LogP contribution in [-0.4, -0.2) is 11.4 Å². The lowest BCUT2D eigenvalue weighted by molar-refractivity contribution is 0.429. The third kappa shape index (κ3) is 6.01. The first-order chi connectivity index (χ1) is 15.3. The number of benzene rings is 1. The fraction of sp³-hybridized carbons (Fsp3) is 0.567. The molecule has 0 amide bonds. The van der Waals surface area contributed by atoms with Crippen molar-refractivity contribution in [1.82, 2.24) is 5.32 Å². The molecule has 32 heavy (non-hydrogen) atoms. The normalized spacial score (nSPS) is 18.0. The van der Waals surface area contributed by atoms with E-state index in [1.165, 1.54) is 71.9 Å². The van der Waals surface area contributed by atoms with Gasteiger partial charge < -0.3 is 5.32 Å². The highest BCUT2D eigenvalue weighted by Crippen LogP contribution is 2.42. The van der Waals surface area contributed by atoms with Crippen LogP contribution in [0.25, 0.3) is 11.1 Å². The minimum absolute atomic E-state index is 0.677. The third-order valence-electron chi connectivity index (χ3n) is 7.70. The number of thiocarbonyl (C=S) groups is 1. The van der Waals surface area contributed by atoms with Crippen molar-refractivity contribution in [3.8, 4) is 0 Å². The summed E-state index contributed by atoms with van der Waals surface area (Å²) in [6.07, 6.45) is 13.6. The van der Waals surface area contributed by atoms with E-state index in [9.17, 15) is 0 Å². The number of allylic oxidation sites excluding steroid dienone is 5. The van der Waals surface area contributed by atoms with Gasteiger partial charge in [0.05, 0.1) is 0 Å². The lowest BCUT2D eigenvalue weighted by atomic mass is 9.80. The molecule has 2 aliphatic rings. The average Bonchev–Trinajstić information content (AvgIpc) is 3.19. The molecule has 0 aromatic heterocycles. The largest absolute Gasteiger partial charge is 0.389 e. The minimum atomic E-state index is 0.677. The predicted octanol–water partition coefficient (Wildman–Crippen LogP) is 8.61. The van der Waals surface area contributed by atoms with Gasteiger partial charge in [0.15, 0.2) is 0 Å². The molecule has 0 heterocycles. The molecule has 1 unspecified atom stereocenters. The van der Waals surface area contributed by atoms with Crippen molar-refractivity contribution < 1.29 is 0 Å². The maximum absolute atomic E-state index is 5.72. The van der Waals surface area contributed by atoms with E-state index >= 15 is 0 Å². The van der Waals surface area contributed by atoms with Gasteiger partial charge in [-0.3, -0.25) is 0 Å². The summed E-state index contributed by atoms with van der Waals surface area (Å²) in [5, 5.41) is 3.53. The number of rotatable bonds is 10. The molecule has 2 aliphatic carbocycles. The summed E-state index contributed by atoms with van der Waals surface area (Å²) in [5.74, 6) is 1.44. The van der Waals surface area contributed by atoms with Crippen LogP contribution in [0.5, 0.6) is 0 Å². The molecule has 0 radical (unpaired) electrons. The van der Waals surface area contributed by atoms with Crippen molar-refractivity contribution in [2.45, 2.75) is 92.4 Å². The van der Waals surface area contributed by atoms with E-state index in [2.05, 4.69) is 64.7 Å². The fourth-order valence-electron chi connectivity index (χ4n) is 5.36.